The van der Waals surface area contributed by atoms with E-state index in [9.17, 15) is 9.90 Å². The zero-order valence-electron chi connectivity index (χ0n) is 21.5. The molecule has 5 heteroatoms. The van der Waals surface area contributed by atoms with Crippen LogP contribution in [0.1, 0.15) is 62.5 Å². The van der Waals surface area contributed by atoms with E-state index in [0.29, 0.717) is 12.2 Å². The maximum absolute atomic E-state index is 13.1. The van der Waals surface area contributed by atoms with Crippen molar-refractivity contribution in [3.05, 3.63) is 92.5 Å². The van der Waals surface area contributed by atoms with Gasteiger partial charge in [0.1, 0.15) is 5.75 Å². The maximum Gasteiger partial charge on any atom is 0.237 e. The number of benzene rings is 3. The van der Waals surface area contributed by atoms with Crippen molar-refractivity contribution in [3.63, 3.8) is 0 Å². The standard InChI is InChI=1S/C30H37N3O2/c1-17-10-18(2)25(19(3)11-17)16-27(31)30(35)33-29-8-9-32-28-7-6-22(15-26(28)29)14-24-20(4)12-23(34)13-21(24)5/h6-7,10-13,15,27,29,32,34H,8-9,14,16,31H2,1-5H3,(H,33,35)/t27-,29+/m0/s1. The van der Waals surface area contributed by atoms with Crippen molar-refractivity contribution in [1.82, 2.24) is 5.32 Å². The highest BCUT2D eigenvalue weighted by Gasteiger charge is 2.25. The fraction of sp³-hybridized carbons (Fsp3) is 0.367. The Kier molecular flexibility index (Phi) is 7.18. The number of anilines is 1. The van der Waals surface area contributed by atoms with E-state index < -0.39 is 6.04 Å². The summed E-state index contributed by atoms with van der Waals surface area (Å²) in [6, 6.07) is 13.7. The molecular formula is C30H37N3O2. The van der Waals surface area contributed by atoms with Gasteiger partial charge >= 0.3 is 0 Å². The Morgan fingerprint density at radius 3 is 2.29 bits per heavy atom. The number of phenols is 1. The first-order valence-electron chi connectivity index (χ1n) is 12.4. The molecule has 1 amide bonds. The van der Waals surface area contributed by atoms with Crippen LogP contribution < -0.4 is 16.4 Å². The Bertz CT molecular complexity index is 1220. The molecular weight excluding hydrogens is 434 g/mol. The summed E-state index contributed by atoms with van der Waals surface area (Å²) in [7, 11) is 0. The summed E-state index contributed by atoms with van der Waals surface area (Å²) in [5, 5.41) is 16.6. The molecule has 0 bridgehead atoms. The second kappa shape index (κ2) is 10.1. The van der Waals surface area contributed by atoms with Crippen molar-refractivity contribution in [2.45, 2.75) is 66.0 Å². The van der Waals surface area contributed by atoms with Gasteiger partial charge in [0.15, 0.2) is 0 Å². The van der Waals surface area contributed by atoms with E-state index in [2.05, 4.69) is 61.7 Å². The molecule has 1 heterocycles. The second-order valence-electron chi connectivity index (χ2n) is 10.1. The Balaban J connectivity index is 1.51. The molecule has 5 N–H and O–H groups in total. The summed E-state index contributed by atoms with van der Waals surface area (Å²) in [6.07, 6.45) is 2.12. The predicted molar refractivity (Wildman–Crippen MR) is 143 cm³/mol. The van der Waals surface area contributed by atoms with Crippen LogP contribution in [0.5, 0.6) is 5.75 Å². The minimum Gasteiger partial charge on any atom is -0.508 e. The summed E-state index contributed by atoms with van der Waals surface area (Å²) in [6.45, 7) is 11.1. The fourth-order valence-electron chi connectivity index (χ4n) is 5.40. The summed E-state index contributed by atoms with van der Waals surface area (Å²) >= 11 is 0. The van der Waals surface area contributed by atoms with E-state index in [-0.39, 0.29) is 11.9 Å². The topological polar surface area (TPSA) is 87.4 Å². The van der Waals surface area contributed by atoms with Gasteiger partial charge in [-0.2, -0.15) is 0 Å². The van der Waals surface area contributed by atoms with Crippen molar-refractivity contribution < 1.29 is 9.90 Å². The molecule has 2 atom stereocenters. The molecule has 0 saturated carbocycles. The lowest BCUT2D eigenvalue weighted by molar-refractivity contribution is -0.123. The molecule has 1 aliphatic rings. The number of fused-ring (bicyclic) bond motifs is 1. The van der Waals surface area contributed by atoms with Crippen molar-refractivity contribution in [1.29, 1.82) is 0 Å². The van der Waals surface area contributed by atoms with Gasteiger partial charge in [-0.3, -0.25) is 4.79 Å². The lowest BCUT2D eigenvalue weighted by Gasteiger charge is -2.29. The van der Waals surface area contributed by atoms with E-state index in [0.717, 1.165) is 47.3 Å². The van der Waals surface area contributed by atoms with Crippen LogP contribution in [0, 0.1) is 34.6 Å². The Labute approximate surface area is 208 Å². The molecule has 0 aliphatic carbocycles. The van der Waals surface area contributed by atoms with Gasteiger partial charge in [-0.15, -0.1) is 0 Å². The van der Waals surface area contributed by atoms with Crippen molar-refractivity contribution in [2.75, 3.05) is 11.9 Å². The number of amides is 1. The Morgan fingerprint density at radius 2 is 1.63 bits per heavy atom. The number of nitrogens with one attached hydrogen (secondary N) is 2. The van der Waals surface area contributed by atoms with Gasteiger partial charge in [-0.05, 0) is 117 Å². The smallest absolute Gasteiger partial charge is 0.237 e. The van der Waals surface area contributed by atoms with Gasteiger partial charge < -0.3 is 21.5 Å². The SMILES string of the molecule is Cc1cc(C)c(C[C@H](N)C(=O)N[C@@H]2CCNc3ccc(Cc4c(C)cc(O)cc4C)cc32)c(C)c1. The monoisotopic (exact) mass is 471 g/mol. The predicted octanol–water partition coefficient (Wildman–Crippen LogP) is 5.07. The fourth-order valence-corrected chi connectivity index (χ4v) is 5.40. The van der Waals surface area contributed by atoms with Gasteiger partial charge in [0, 0.05) is 12.2 Å². The molecule has 184 valence electrons. The second-order valence-corrected chi connectivity index (χ2v) is 10.1. The van der Waals surface area contributed by atoms with Gasteiger partial charge in [0.05, 0.1) is 12.1 Å². The highest BCUT2D eigenvalue weighted by Crippen LogP contribution is 2.32. The van der Waals surface area contributed by atoms with Crippen molar-refractivity contribution in [3.8, 4) is 5.75 Å². The van der Waals surface area contributed by atoms with Crippen LogP contribution in [0.2, 0.25) is 0 Å². The van der Waals surface area contributed by atoms with Crippen molar-refractivity contribution >= 4 is 11.6 Å². The average molecular weight is 472 g/mol. The molecule has 4 rings (SSSR count). The quantitative estimate of drug-likeness (QED) is 0.404. The number of aromatic hydroxyl groups is 1. The maximum atomic E-state index is 13.1. The normalized spacial score (nSPS) is 15.8. The van der Waals surface area contributed by atoms with Crippen LogP contribution in [0.15, 0.2) is 42.5 Å². The van der Waals surface area contributed by atoms with Gasteiger partial charge in [0.25, 0.3) is 0 Å². The number of carbonyl (C=O) groups is 1. The Hall–Kier alpha value is -3.31. The molecule has 0 aromatic heterocycles. The van der Waals surface area contributed by atoms with Gasteiger partial charge in [-0.25, -0.2) is 0 Å². The largest absolute Gasteiger partial charge is 0.508 e. The molecule has 35 heavy (non-hydrogen) atoms. The van der Waals surface area contributed by atoms with E-state index in [1.807, 2.05) is 26.0 Å². The lowest BCUT2D eigenvalue weighted by atomic mass is 9.91. The molecule has 1 aliphatic heterocycles. The number of hydrogen-bond acceptors (Lipinski definition) is 4. The third-order valence-corrected chi connectivity index (χ3v) is 7.22. The van der Waals surface area contributed by atoms with Gasteiger partial charge in [0.2, 0.25) is 5.91 Å². The number of aryl methyl sites for hydroxylation is 5. The number of carbonyl (C=O) groups excluding carboxylic acids is 1. The zero-order chi connectivity index (χ0) is 25.3. The van der Waals surface area contributed by atoms with Crippen LogP contribution in [0.4, 0.5) is 5.69 Å². The van der Waals surface area contributed by atoms with Gasteiger partial charge in [-0.1, -0.05) is 29.8 Å². The highest BCUT2D eigenvalue weighted by atomic mass is 16.3. The summed E-state index contributed by atoms with van der Waals surface area (Å²) < 4.78 is 0. The minimum absolute atomic E-state index is 0.0769. The number of phenolic OH excluding ortho intramolecular Hbond substituents is 1. The van der Waals surface area contributed by atoms with Crippen molar-refractivity contribution in [2.24, 2.45) is 5.73 Å². The van der Waals surface area contributed by atoms with E-state index in [1.165, 1.54) is 27.8 Å². The average Bonchev–Trinajstić information content (AvgIpc) is 2.78. The molecule has 0 unspecified atom stereocenters. The molecule has 5 nitrogen and oxygen atoms in total. The molecule has 0 fully saturated rings. The first-order chi connectivity index (χ1) is 16.6. The summed E-state index contributed by atoms with van der Waals surface area (Å²) in [5.41, 5.74) is 17.9. The Morgan fingerprint density at radius 1 is 1.00 bits per heavy atom. The number of nitrogens with two attached hydrogens (primary N) is 1. The van der Waals surface area contributed by atoms with E-state index in [4.69, 9.17) is 5.73 Å². The first-order valence-corrected chi connectivity index (χ1v) is 12.4. The third-order valence-electron chi connectivity index (χ3n) is 7.22. The lowest BCUT2D eigenvalue weighted by Crippen LogP contribution is -2.44. The van der Waals surface area contributed by atoms with Crippen LogP contribution in [0.3, 0.4) is 0 Å². The molecule has 0 saturated heterocycles. The molecule has 3 aromatic carbocycles. The van der Waals surface area contributed by atoms with Crippen LogP contribution >= 0.6 is 0 Å². The van der Waals surface area contributed by atoms with E-state index >= 15 is 0 Å². The van der Waals surface area contributed by atoms with Crippen LogP contribution in [0.25, 0.3) is 0 Å². The first kappa shape index (κ1) is 24.8. The zero-order valence-corrected chi connectivity index (χ0v) is 21.5. The minimum atomic E-state index is -0.598. The molecule has 3 aromatic rings. The molecule has 0 spiro atoms. The number of rotatable bonds is 6. The van der Waals surface area contributed by atoms with Crippen LogP contribution in [-0.4, -0.2) is 23.6 Å². The van der Waals surface area contributed by atoms with E-state index in [1.54, 1.807) is 0 Å². The third kappa shape index (κ3) is 5.51. The summed E-state index contributed by atoms with van der Waals surface area (Å²) in [5.74, 6) is 0.186. The van der Waals surface area contributed by atoms with Crippen LogP contribution in [-0.2, 0) is 17.6 Å². The highest BCUT2D eigenvalue weighted by molar-refractivity contribution is 5.82. The number of hydrogen-bond donors (Lipinski definition) is 4. The summed E-state index contributed by atoms with van der Waals surface area (Å²) in [4.78, 5) is 13.1. The molecule has 0 radical (unpaired) electrons.